The lowest BCUT2D eigenvalue weighted by molar-refractivity contribution is -0.148. The largest absolute Gasteiger partial charge is 0.497 e. The highest BCUT2D eigenvalue weighted by molar-refractivity contribution is 6.09. The van der Waals surface area contributed by atoms with Crippen LogP contribution in [0.3, 0.4) is 0 Å². The van der Waals surface area contributed by atoms with Gasteiger partial charge in [0, 0.05) is 25.3 Å². The van der Waals surface area contributed by atoms with Gasteiger partial charge >= 0.3 is 0 Å². The van der Waals surface area contributed by atoms with Crippen LogP contribution >= 0.6 is 0 Å². The van der Waals surface area contributed by atoms with E-state index in [9.17, 15) is 14.4 Å². The lowest BCUT2D eigenvalue weighted by Crippen LogP contribution is -2.69. The van der Waals surface area contributed by atoms with Gasteiger partial charge in [-0.3, -0.25) is 14.4 Å². The second-order valence-electron chi connectivity index (χ2n) is 10.7. The molecule has 2 fully saturated rings. The molecule has 3 aromatic rings. The fourth-order valence-electron chi connectivity index (χ4n) is 5.76. The van der Waals surface area contributed by atoms with E-state index in [0.717, 1.165) is 24.0 Å². The Hall–Kier alpha value is -4.63. The summed E-state index contributed by atoms with van der Waals surface area (Å²) in [6.07, 6.45) is 5.60. The van der Waals surface area contributed by atoms with Crippen LogP contribution < -0.4 is 14.8 Å². The second kappa shape index (κ2) is 13.6. The van der Waals surface area contributed by atoms with Crippen LogP contribution in [-0.4, -0.2) is 80.1 Å². The molecule has 0 aliphatic carbocycles. The number of carbonyl (C=O) groups excluding carboxylic acids is 3. The molecule has 3 amide bonds. The number of carbonyl (C=O) groups is 3. The van der Waals surface area contributed by atoms with Crippen LogP contribution in [0.25, 0.3) is 6.08 Å². The van der Waals surface area contributed by atoms with Gasteiger partial charge in [-0.2, -0.15) is 0 Å². The molecule has 5 rings (SSSR count). The van der Waals surface area contributed by atoms with Crippen LogP contribution in [0.4, 0.5) is 0 Å². The van der Waals surface area contributed by atoms with Crippen molar-refractivity contribution in [2.75, 3.05) is 34.5 Å². The smallest absolute Gasteiger partial charge is 0.254 e. The van der Waals surface area contributed by atoms with Gasteiger partial charge in [-0.1, -0.05) is 54.6 Å². The first-order valence-corrected chi connectivity index (χ1v) is 14.4. The number of methoxy groups -OCH3 is 3. The summed E-state index contributed by atoms with van der Waals surface area (Å²) in [5.41, 5.74) is 2.34. The Balaban J connectivity index is 1.38. The van der Waals surface area contributed by atoms with Gasteiger partial charge in [0.25, 0.3) is 11.8 Å². The minimum atomic E-state index is -0.798. The number of hydrogen-bond acceptors (Lipinski definition) is 6. The third-order valence-corrected chi connectivity index (χ3v) is 8.06. The average molecular weight is 584 g/mol. The summed E-state index contributed by atoms with van der Waals surface area (Å²) in [5, 5.41) is 2.93. The van der Waals surface area contributed by atoms with E-state index < -0.39 is 18.0 Å². The van der Waals surface area contributed by atoms with Gasteiger partial charge < -0.3 is 29.3 Å². The van der Waals surface area contributed by atoms with Crippen molar-refractivity contribution in [1.82, 2.24) is 15.1 Å². The van der Waals surface area contributed by atoms with E-state index in [1.54, 1.807) is 61.5 Å². The zero-order valence-electron chi connectivity index (χ0n) is 24.7. The van der Waals surface area contributed by atoms with E-state index in [1.807, 2.05) is 54.6 Å². The maximum atomic E-state index is 13.7. The van der Waals surface area contributed by atoms with Gasteiger partial charge in [0.15, 0.2) is 0 Å². The number of ether oxygens (including phenoxy) is 3. The van der Waals surface area contributed by atoms with Gasteiger partial charge in [-0.25, -0.2) is 0 Å². The molecule has 3 atom stereocenters. The first-order chi connectivity index (χ1) is 20.9. The molecule has 0 bridgehead atoms. The molecule has 0 spiro atoms. The number of likely N-dealkylation sites (tertiary alicyclic amines) is 2. The van der Waals surface area contributed by atoms with Gasteiger partial charge in [-0.15, -0.1) is 0 Å². The first kappa shape index (κ1) is 29.8. The Morgan fingerprint density at radius 1 is 0.953 bits per heavy atom. The minimum Gasteiger partial charge on any atom is -0.497 e. The molecule has 1 N–H and O–H groups in total. The van der Waals surface area contributed by atoms with Gasteiger partial charge in [0.1, 0.15) is 17.5 Å². The molecular weight excluding hydrogens is 546 g/mol. The Bertz CT molecular complexity index is 1490. The van der Waals surface area contributed by atoms with E-state index in [2.05, 4.69) is 5.32 Å². The molecule has 9 heteroatoms. The topological polar surface area (TPSA) is 97.4 Å². The van der Waals surface area contributed by atoms with Crippen molar-refractivity contribution in [3.05, 3.63) is 101 Å². The summed E-state index contributed by atoms with van der Waals surface area (Å²) in [7, 11) is 4.78. The van der Waals surface area contributed by atoms with Gasteiger partial charge in [0.05, 0.1) is 50.6 Å². The van der Waals surface area contributed by atoms with Gasteiger partial charge in [-0.05, 0) is 42.7 Å². The molecule has 2 aliphatic heterocycles. The molecular formula is C34H37N3O6. The van der Waals surface area contributed by atoms with Crippen LogP contribution in [0.2, 0.25) is 0 Å². The predicted molar refractivity (Wildman–Crippen MR) is 163 cm³/mol. The fraction of sp³-hybridized carbons (Fsp3) is 0.324. The Morgan fingerprint density at radius 3 is 2.42 bits per heavy atom. The molecule has 43 heavy (non-hydrogen) atoms. The third kappa shape index (κ3) is 6.41. The molecule has 2 aliphatic rings. The predicted octanol–water partition coefficient (Wildman–Crippen LogP) is 4.18. The van der Waals surface area contributed by atoms with Crippen LogP contribution in [-0.2, 0) is 16.1 Å². The molecule has 224 valence electrons. The molecule has 2 saturated heterocycles. The Labute approximate surface area is 252 Å². The van der Waals surface area contributed by atoms with E-state index in [1.165, 1.54) is 0 Å². The van der Waals surface area contributed by atoms with E-state index >= 15 is 0 Å². The number of rotatable bonds is 11. The van der Waals surface area contributed by atoms with Gasteiger partial charge in [0.2, 0.25) is 5.91 Å². The van der Waals surface area contributed by atoms with Crippen molar-refractivity contribution in [2.24, 2.45) is 0 Å². The number of β-lactam (4-membered cyclic amide) rings is 1. The first-order valence-electron chi connectivity index (χ1n) is 14.4. The van der Waals surface area contributed by atoms with Crippen molar-refractivity contribution in [3.63, 3.8) is 0 Å². The fourth-order valence-corrected chi connectivity index (χ4v) is 5.76. The standard InChI is InChI=1S/C34H37N3O6/c1-41-22-25-12-9-19-36(25)33(39)28-14-8-7-13-27(28)32(38)35-31-29(18-15-23-10-5-4-6-11-23)37(34(31)40)21-24-16-17-26(42-2)20-30(24)43-3/h4-8,10-11,13-18,20,25,29,31H,9,12,19,21-22H2,1-3H3,(H,35,38)/t25-,29+,31-/m0/s1. The van der Waals surface area contributed by atoms with Crippen molar-refractivity contribution in [2.45, 2.75) is 37.5 Å². The van der Waals surface area contributed by atoms with Crippen molar-refractivity contribution >= 4 is 23.8 Å². The average Bonchev–Trinajstić information content (AvgIpc) is 3.52. The number of benzene rings is 3. The van der Waals surface area contributed by atoms with Crippen molar-refractivity contribution in [1.29, 1.82) is 0 Å². The zero-order chi connectivity index (χ0) is 30.3. The van der Waals surface area contributed by atoms with Crippen molar-refractivity contribution < 1.29 is 28.6 Å². The van der Waals surface area contributed by atoms with Crippen LogP contribution in [0, 0.1) is 0 Å². The lowest BCUT2D eigenvalue weighted by Gasteiger charge is -2.46. The summed E-state index contributed by atoms with van der Waals surface area (Å²) in [5.74, 6) is 0.351. The summed E-state index contributed by atoms with van der Waals surface area (Å²) < 4.78 is 16.2. The second-order valence-corrected chi connectivity index (χ2v) is 10.7. The minimum absolute atomic E-state index is 0.0298. The maximum Gasteiger partial charge on any atom is 0.254 e. The SMILES string of the molecule is COC[C@@H]1CCCN1C(=O)c1ccccc1C(=O)N[C@@H]1C(=O)N(Cc2ccc(OC)cc2OC)[C@@H]1C=Cc1ccccc1. The quantitative estimate of drug-likeness (QED) is 0.340. The molecule has 2 heterocycles. The molecule has 0 unspecified atom stereocenters. The summed E-state index contributed by atoms with van der Waals surface area (Å²) in [6, 6.07) is 20.7. The normalized spacial score (nSPS) is 19.8. The van der Waals surface area contributed by atoms with Crippen LogP contribution in [0.5, 0.6) is 11.5 Å². The van der Waals surface area contributed by atoms with Crippen molar-refractivity contribution in [3.8, 4) is 11.5 Å². The number of nitrogens with one attached hydrogen (secondary N) is 1. The number of nitrogens with zero attached hydrogens (tertiary/aromatic N) is 2. The molecule has 3 aromatic carbocycles. The van der Waals surface area contributed by atoms with Crippen LogP contribution in [0.1, 0.15) is 44.7 Å². The molecule has 9 nitrogen and oxygen atoms in total. The van der Waals surface area contributed by atoms with E-state index in [0.29, 0.717) is 30.2 Å². The monoisotopic (exact) mass is 583 g/mol. The molecule has 0 saturated carbocycles. The Kier molecular flexibility index (Phi) is 9.41. The summed E-state index contributed by atoms with van der Waals surface area (Å²) >= 11 is 0. The highest BCUT2D eigenvalue weighted by Gasteiger charge is 2.47. The van der Waals surface area contributed by atoms with E-state index in [4.69, 9.17) is 14.2 Å². The van der Waals surface area contributed by atoms with Crippen LogP contribution in [0.15, 0.2) is 78.9 Å². The number of amides is 3. The molecule has 0 radical (unpaired) electrons. The lowest BCUT2D eigenvalue weighted by atomic mass is 9.92. The molecule has 0 aromatic heterocycles. The third-order valence-electron chi connectivity index (χ3n) is 8.06. The summed E-state index contributed by atoms with van der Waals surface area (Å²) in [6.45, 7) is 1.34. The number of hydrogen-bond donors (Lipinski definition) is 1. The maximum absolute atomic E-state index is 13.7. The Morgan fingerprint density at radius 2 is 1.70 bits per heavy atom. The zero-order valence-corrected chi connectivity index (χ0v) is 24.7. The summed E-state index contributed by atoms with van der Waals surface area (Å²) in [4.78, 5) is 44.2. The van der Waals surface area contributed by atoms with E-state index in [-0.39, 0.29) is 30.0 Å². The highest BCUT2D eigenvalue weighted by Crippen LogP contribution is 2.31. The highest BCUT2D eigenvalue weighted by atomic mass is 16.5.